The Kier molecular flexibility index (Phi) is 4.42. The van der Waals surface area contributed by atoms with Gasteiger partial charge in [0.25, 0.3) is 0 Å². The van der Waals surface area contributed by atoms with Gasteiger partial charge in [0.2, 0.25) is 17.8 Å². The molecule has 0 amide bonds. The topological polar surface area (TPSA) is 115 Å². The minimum atomic E-state index is -0.486. The lowest BCUT2D eigenvalue weighted by Gasteiger charge is -2.27. The quantitative estimate of drug-likeness (QED) is 0.825. The molecule has 23 heavy (non-hydrogen) atoms. The van der Waals surface area contributed by atoms with E-state index in [4.69, 9.17) is 10.5 Å². The molecule has 0 aromatic carbocycles. The maximum absolute atomic E-state index is 12.9. The predicted octanol–water partition coefficient (Wildman–Crippen LogP) is 0.393. The molecule has 1 aliphatic heterocycles. The third-order valence-corrected chi connectivity index (χ3v) is 3.31. The summed E-state index contributed by atoms with van der Waals surface area (Å²) in [7, 11) is 0. The smallest absolute Gasteiger partial charge is 0.232 e. The number of morpholine rings is 1. The number of ether oxygens (including phenoxy) is 1. The first kappa shape index (κ1) is 15.3. The molecule has 3 rings (SSSR count). The predicted molar refractivity (Wildman–Crippen MR) is 81.3 cm³/mol. The molecule has 9 nitrogen and oxygen atoms in total. The van der Waals surface area contributed by atoms with Gasteiger partial charge in [-0.05, 0) is 6.92 Å². The molecule has 1 fully saturated rings. The van der Waals surface area contributed by atoms with Crippen molar-refractivity contribution in [3.8, 4) is 0 Å². The maximum atomic E-state index is 12.9. The van der Waals surface area contributed by atoms with Crippen LogP contribution in [0.25, 0.3) is 0 Å². The number of nitrogens with two attached hydrogens (primary N) is 1. The highest BCUT2D eigenvalue weighted by Crippen LogP contribution is 2.17. The number of rotatable bonds is 4. The van der Waals surface area contributed by atoms with Crippen molar-refractivity contribution >= 4 is 17.8 Å². The molecule has 0 spiro atoms. The lowest BCUT2D eigenvalue weighted by Crippen LogP contribution is -2.37. The minimum Gasteiger partial charge on any atom is -0.378 e. The highest BCUT2D eigenvalue weighted by atomic mass is 19.1. The third kappa shape index (κ3) is 3.77. The van der Waals surface area contributed by atoms with Crippen molar-refractivity contribution in [2.24, 2.45) is 0 Å². The second-order valence-electron chi connectivity index (χ2n) is 5.04. The monoisotopic (exact) mass is 320 g/mol. The molecule has 0 saturated carbocycles. The number of nitrogen functional groups attached to an aromatic ring is 1. The number of nitrogens with zero attached hydrogens (tertiary/aromatic N) is 6. The summed E-state index contributed by atoms with van der Waals surface area (Å²) in [5.74, 6) is 0.879. The number of anilines is 3. The van der Waals surface area contributed by atoms with Crippen LogP contribution in [0.15, 0.2) is 12.4 Å². The summed E-state index contributed by atoms with van der Waals surface area (Å²) in [5.41, 5.74) is 5.76. The SMILES string of the molecule is CC(Nc1nc(N)nc(N2CCOCC2)n1)c1ncc(F)cn1. The molecular formula is C13H17FN8O. The van der Waals surface area contributed by atoms with E-state index in [1.54, 1.807) is 0 Å². The van der Waals surface area contributed by atoms with Gasteiger partial charge in [-0.2, -0.15) is 15.0 Å². The Hall–Kier alpha value is -2.62. The Morgan fingerprint density at radius 3 is 2.61 bits per heavy atom. The molecule has 1 saturated heterocycles. The summed E-state index contributed by atoms with van der Waals surface area (Å²) in [6.45, 7) is 4.45. The van der Waals surface area contributed by atoms with Crippen molar-refractivity contribution < 1.29 is 9.13 Å². The van der Waals surface area contributed by atoms with Crippen LogP contribution in [0.3, 0.4) is 0 Å². The van der Waals surface area contributed by atoms with Crippen LogP contribution in [0.2, 0.25) is 0 Å². The summed E-state index contributed by atoms with van der Waals surface area (Å²) >= 11 is 0. The van der Waals surface area contributed by atoms with Crippen molar-refractivity contribution in [1.82, 2.24) is 24.9 Å². The number of hydrogen-bond acceptors (Lipinski definition) is 9. The van der Waals surface area contributed by atoms with Gasteiger partial charge in [0.05, 0.1) is 31.6 Å². The van der Waals surface area contributed by atoms with E-state index in [1.165, 1.54) is 0 Å². The van der Waals surface area contributed by atoms with Gasteiger partial charge in [-0.15, -0.1) is 0 Å². The number of nitrogens with one attached hydrogen (secondary N) is 1. The normalized spacial score (nSPS) is 16.2. The van der Waals surface area contributed by atoms with Crippen LogP contribution >= 0.6 is 0 Å². The summed E-state index contributed by atoms with van der Waals surface area (Å²) in [6, 6.07) is -0.310. The molecule has 1 aliphatic rings. The Morgan fingerprint density at radius 2 is 1.91 bits per heavy atom. The van der Waals surface area contributed by atoms with Crippen molar-refractivity contribution in [2.45, 2.75) is 13.0 Å². The maximum Gasteiger partial charge on any atom is 0.232 e. The van der Waals surface area contributed by atoms with Gasteiger partial charge in [-0.1, -0.05) is 0 Å². The Morgan fingerprint density at radius 1 is 1.22 bits per heavy atom. The number of hydrogen-bond donors (Lipinski definition) is 2. The number of halogens is 1. The van der Waals surface area contributed by atoms with E-state index in [1.807, 2.05) is 11.8 Å². The standard InChI is InChI=1S/C13H17FN8O/c1-8(10-16-6-9(14)7-17-10)18-12-19-11(15)20-13(21-12)22-2-4-23-5-3-22/h6-8H,2-5H2,1H3,(H3,15,18,19,20,21). The second kappa shape index (κ2) is 6.65. The first-order chi connectivity index (χ1) is 11.1. The average molecular weight is 320 g/mol. The van der Waals surface area contributed by atoms with Gasteiger partial charge in [0.15, 0.2) is 5.82 Å². The Bertz CT molecular complexity index is 662. The first-order valence-corrected chi connectivity index (χ1v) is 7.20. The van der Waals surface area contributed by atoms with E-state index in [9.17, 15) is 4.39 Å². The Balaban J connectivity index is 1.76. The van der Waals surface area contributed by atoms with Gasteiger partial charge in [-0.3, -0.25) is 0 Å². The highest BCUT2D eigenvalue weighted by molar-refractivity contribution is 5.42. The first-order valence-electron chi connectivity index (χ1n) is 7.20. The molecule has 1 atom stereocenters. The zero-order valence-corrected chi connectivity index (χ0v) is 12.6. The molecule has 1 unspecified atom stereocenters. The summed E-state index contributed by atoms with van der Waals surface area (Å²) in [6.07, 6.45) is 2.23. The average Bonchev–Trinajstić information content (AvgIpc) is 2.55. The van der Waals surface area contributed by atoms with E-state index in [2.05, 4.69) is 30.2 Å². The molecule has 0 bridgehead atoms. The molecule has 0 aliphatic carbocycles. The molecule has 3 heterocycles. The fourth-order valence-corrected chi connectivity index (χ4v) is 2.15. The van der Waals surface area contributed by atoms with Crippen LogP contribution in [0.1, 0.15) is 18.8 Å². The van der Waals surface area contributed by atoms with E-state index in [0.717, 1.165) is 12.4 Å². The van der Waals surface area contributed by atoms with Crippen LogP contribution in [-0.4, -0.2) is 51.2 Å². The van der Waals surface area contributed by atoms with Crippen molar-refractivity contribution in [2.75, 3.05) is 42.3 Å². The zero-order valence-electron chi connectivity index (χ0n) is 12.6. The van der Waals surface area contributed by atoms with Gasteiger partial charge in [0, 0.05) is 13.1 Å². The van der Waals surface area contributed by atoms with Gasteiger partial charge in [-0.25, -0.2) is 14.4 Å². The van der Waals surface area contributed by atoms with Crippen LogP contribution in [0.4, 0.5) is 22.2 Å². The largest absolute Gasteiger partial charge is 0.378 e. The zero-order chi connectivity index (χ0) is 16.2. The van der Waals surface area contributed by atoms with Crippen LogP contribution < -0.4 is 16.0 Å². The van der Waals surface area contributed by atoms with Crippen molar-refractivity contribution in [3.63, 3.8) is 0 Å². The second-order valence-corrected chi connectivity index (χ2v) is 5.04. The lowest BCUT2D eigenvalue weighted by atomic mass is 10.3. The summed E-state index contributed by atoms with van der Waals surface area (Å²) < 4.78 is 18.2. The van der Waals surface area contributed by atoms with E-state index in [0.29, 0.717) is 44.0 Å². The Labute approximate surface area is 132 Å². The molecule has 2 aromatic heterocycles. The summed E-state index contributed by atoms with van der Waals surface area (Å²) in [5, 5.41) is 3.05. The molecule has 122 valence electrons. The van der Waals surface area contributed by atoms with Gasteiger partial charge < -0.3 is 20.7 Å². The fraction of sp³-hybridized carbons (Fsp3) is 0.462. The molecule has 10 heteroatoms. The fourth-order valence-electron chi connectivity index (χ4n) is 2.15. The third-order valence-electron chi connectivity index (χ3n) is 3.31. The molecular weight excluding hydrogens is 303 g/mol. The van der Waals surface area contributed by atoms with Gasteiger partial charge >= 0.3 is 0 Å². The van der Waals surface area contributed by atoms with Crippen LogP contribution in [-0.2, 0) is 4.74 Å². The van der Waals surface area contributed by atoms with Crippen molar-refractivity contribution in [1.29, 1.82) is 0 Å². The minimum absolute atomic E-state index is 0.121. The highest BCUT2D eigenvalue weighted by Gasteiger charge is 2.17. The van der Waals surface area contributed by atoms with E-state index < -0.39 is 5.82 Å². The summed E-state index contributed by atoms with van der Waals surface area (Å²) in [4.78, 5) is 22.4. The van der Waals surface area contributed by atoms with Crippen LogP contribution in [0, 0.1) is 5.82 Å². The molecule has 2 aromatic rings. The lowest BCUT2D eigenvalue weighted by molar-refractivity contribution is 0.122. The van der Waals surface area contributed by atoms with Gasteiger partial charge in [0.1, 0.15) is 5.82 Å². The van der Waals surface area contributed by atoms with E-state index >= 15 is 0 Å². The molecule has 0 radical (unpaired) electrons. The van der Waals surface area contributed by atoms with Crippen molar-refractivity contribution in [3.05, 3.63) is 24.0 Å². The number of aromatic nitrogens is 5. The van der Waals surface area contributed by atoms with E-state index in [-0.39, 0.29) is 12.0 Å². The molecule has 3 N–H and O–H groups in total. The van der Waals surface area contributed by atoms with Crippen LogP contribution in [0.5, 0.6) is 0 Å².